The van der Waals surface area contributed by atoms with Crippen LogP contribution in [0.2, 0.25) is 0 Å². The highest BCUT2D eigenvalue weighted by Gasteiger charge is 2.17. The van der Waals surface area contributed by atoms with Crippen LogP contribution in [0.15, 0.2) is 48.0 Å². The summed E-state index contributed by atoms with van der Waals surface area (Å²) in [5.41, 5.74) is 1.06. The zero-order chi connectivity index (χ0) is 20.3. The van der Waals surface area contributed by atoms with Crippen LogP contribution >= 0.6 is 11.3 Å². The summed E-state index contributed by atoms with van der Waals surface area (Å²) in [4.78, 5) is 17.5. The number of benzene rings is 2. The lowest BCUT2D eigenvalue weighted by Gasteiger charge is -2.12. The lowest BCUT2D eigenvalue weighted by atomic mass is 10.1. The number of methoxy groups -OCH3 is 3. The van der Waals surface area contributed by atoms with E-state index in [4.69, 9.17) is 14.2 Å². The average molecular weight is 402 g/mol. The molecule has 0 unspecified atom stereocenters. The fourth-order valence-corrected chi connectivity index (χ4v) is 3.86. The largest absolute Gasteiger partial charge is 0.493 e. The van der Waals surface area contributed by atoms with Gasteiger partial charge in [-0.25, -0.2) is 4.39 Å². The van der Waals surface area contributed by atoms with Gasteiger partial charge >= 0.3 is 0 Å². The number of thiazole rings is 1. The fraction of sp³-hybridized carbons (Fsp3) is 0.200. The van der Waals surface area contributed by atoms with Crippen molar-refractivity contribution in [1.82, 2.24) is 4.57 Å². The zero-order valence-electron chi connectivity index (χ0n) is 15.7. The Labute approximate surface area is 165 Å². The fourth-order valence-electron chi connectivity index (χ4n) is 2.79. The minimum absolute atomic E-state index is 0.281. The molecule has 0 bridgehead atoms. The standard InChI is InChI=1S/C20H19FN2O4S/c1-5-8-23-14-7-6-13(21)11-17(14)28-20(23)22-19(24)12-9-15(25-2)18(27-4)16(10-12)26-3/h5-7,9-11H,1,8H2,2-4H3. The first-order valence-corrected chi connectivity index (χ1v) is 9.12. The number of rotatable bonds is 6. The van der Waals surface area contributed by atoms with Gasteiger partial charge in [-0.05, 0) is 30.3 Å². The highest BCUT2D eigenvalue weighted by molar-refractivity contribution is 7.16. The first-order valence-electron chi connectivity index (χ1n) is 8.31. The molecule has 0 aliphatic heterocycles. The molecule has 0 radical (unpaired) electrons. The molecule has 0 aliphatic carbocycles. The van der Waals surface area contributed by atoms with E-state index in [0.717, 1.165) is 5.52 Å². The molecule has 0 saturated carbocycles. The molecule has 0 saturated heterocycles. The van der Waals surface area contributed by atoms with Crippen LogP contribution in [0.3, 0.4) is 0 Å². The molecule has 8 heteroatoms. The number of fused-ring (bicyclic) bond motifs is 1. The van der Waals surface area contributed by atoms with Crippen molar-refractivity contribution in [2.75, 3.05) is 21.3 Å². The van der Waals surface area contributed by atoms with Crippen LogP contribution < -0.4 is 19.0 Å². The predicted molar refractivity (Wildman–Crippen MR) is 106 cm³/mol. The lowest BCUT2D eigenvalue weighted by molar-refractivity contribution is 0.0997. The number of carbonyl (C=O) groups excluding carboxylic acids is 1. The number of allylic oxidation sites excluding steroid dienone is 1. The second kappa shape index (κ2) is 8.26. The van der Waals surface area contributed by atoms with Crippen molar-refractivity contribution in [1.29, 1.82) is 0 Å². The topological polar surface area (TPSA) is 62.1 Å². The van der Waals surface area contributed by atoms with E-state index < -0.39 is 5.91 Å². The van der Waals surface area contributed by atoms with E-state index in [1.165, 1.54) is 56.9 Å². The van der Waals surface area contributed by atoms with Gasteiger partial charge in [-0.15, -0.1) is 6.58 Å². The van der Waals surface area contributed by atoms with Crippen molar-refractivity contribution in [2.45, 2.75) is 6.54 Å². The highest BCUT2D eigenvalue weighted by Crippen LogP contribution is 2.38. The molecule has 0 atom stereocenters. The number of ether oxygens (including phenoxy) is 3. The summed E-state index contributed by atoms with van der Waals surface area (Å²) < 4.78 is 31.9. The van der Waals surface area contributed by atoms with Gasteiger partial charge in [0.2, 0.25) is 5.75 Å². The van der Waals surface area contributed by atoms with Gasteiger partial charge in [0, 0.05) is 12.1 Å². The van der Waals surface area contributed by atoms with Crippen LogP contribution in [-0.4, -0.2) is 31.8 Å². The molecule has 0 fully saturated rings. The Morgan fingerprint density at radius 3 is 2.43 bits per heavy atom. The number of aromatic nitrogens is 1. The van der Waals surface area contributed by atoms with E-state index in [0.29, 0.717) is 33.3 Å². The van der Waals surface area contributed by atoms with Crippen molar-refractivity contribution < 1.29 is 23.4 Å². The second-order valence-corrected chi connectivity index (χ2v) is 6.74. The van der Waals surface area contributed by atoms with E-state index in [9.17, 15) is 9.18 Å². The maximum Gasteiger partial charge on any atom is 0.279 e. The van der Waals surface area contributed by atoms with Gasteiger partial charge in [0.05, 0.1) is 31.5 Å². The predicted octanol–water partition coefficient (Wildman–Crippen LogP) is 3.79. The monoisotopic (exact) mass is 402 g/mol. The Balaban J connectivity index is 2.15. The summed E-state index contributed by atoms with van der Waals surface area (Å²) in [5, 5.41) is 0. The smallest absolute Gasteiger partial charge is 0.279 e. The second-order valence-electron chi connectivity index (χ2n) is 5.73. The number of hydrogen-bond donors (Lipinski definition) is 0. The third-order valence-electron chi connectivity index (χ3n) is 4.07. The Morgan fingerprint density at radius 2 is 1.86 bits per heavy atom. The van der Waals surface area contributed by atoms with Gasteiger partial charge in [-0.1, -0.05) is 17.4 Å². The molecule has 0 spiro atoms. The van der Waals surface area contributed by atoms with Gasteiger partial charge in [-0.2, -0.15) is 4.99 Å². The maximum atomic E-state index is 13.6. The summed E-state index contributed by atoms with van der Waals surface area (Å²) in [6.45, 7) is 4.18. The molecule has 1 heterocycles. The third-order valence-corrected chi connectivity index (χ3v) is 5.11. The Hall–Kier alpha value is -3.13. The maximum absolute atomic E-state index is 13.6. The lowest BCUT2D eigenvalue weighted by Crippen LogP contribution is -2.16. The van der Waals surface area contributed by atoms with E-state index in [2.05, 4.69) is 11.6 Å². The van der Waals surface area contributed by atoms with Crippen LogP contribution in [-0.2, 0) is 6.54 Å². The highest BCUT2D eigenvalue weighted by atomic mass is 32.1. The summed E-state index contributed by atoms with van der Waals surface area (Å²) in [6, 6.07) is 7.53. The molecular formula is C20H19FN2O4S. The molecule has 6 nitrogen and oxygen atoms in total. The molecule has 146 valence electrons. The van der Waals surface area contributed by atoms with Gasteiger partial charge in [-0.3, -0.25) is 4.79 Å². The van der Waals surface area contributed by atoms with Crippen molar-refractivity contribution in [3.8, 4) is 17.2 Å². The first kappa shape index (κ1) is 19.6. The minimum atomic E-state index is -0.482. The quantitative estimate of drug-likeness (QED) is 0.589. The Morgan fingerprint density at radius 1 is 1.18 bits per heavy atom. The number of nitrogens with zero attached hydrogens (tertiary/aromatic N) is 2. The molecule has 3 rings (SSSR count). The molecule has 1 aromatic heterocycles. The number of carbonyl (C=O) groups is 1. The van der Waals surface area contributed by atoms with Crippen LogP contribution in [0.4, 0.5) is 4.39 Å². The molecule has 28 heavy (non-hydrogen) atoms. The molecule has 3 aromatic rings. The van der Waals surface area contributed by atoms with Crippen molar-refractivity contribution in [3.05, 3.63) is 59.2 Å². The number of amides is 1. The SMILES string of the molecule is C=CCn1c(=NC(=O)c2cc(OC)c(OC)c(OC)c2)sc2cc(F)ccc21. The first-order chi connectivity index (χ1) is 13.5. The van der Waals surface area contributed by atoms with Crippen molar-refractivity contribution in [2.24, 2.45) is 4.99 Å². The van der Waals surface area contributed by atoms with Crippen molar-refractivity contribution in [3.63, 3.8) is 0 Å². The summed E-state index contributed by atoms with van der Waals surface area (Å²) in [5.74, 6) is 0.280. The molecular weight excluding hydrogens is 383 g/mol. The third kappa shape index (κ3) is 3.63. The van der Waals surface area contributed by atoms with Crippen LogP contribution in [0.1, 0.15) is 10.4 Å². The zero-order valence-corrected chi connectivity index (χ0v) is 16.5. The molecule has 0 N–H and O–H groups in total. The summed E-state index contributed by atoms with van der Waals surface area (Å²) in [6.07, 6.45) is 1.69. The minimum Gasteiger partial charge on any atom is -0.493 e. The van der Waals surface area contributed by atoms with Gasteiger partial charge in [0.25, 0.3) is 5.91 Å². The average Bonchev–Trinajstić information content (AvgIpc) is 3.02. The summed E-state index contributed by atoms with van der Waals surface area (Å²) >= 11 is 1.23. The molecule has 2 aromatic carbocycles. The van der Waals surface area contributed by atoms with Gasteiger partial charge in [0.15, 0.2) is 16.3 Å². The van der Waals surface area contributed by atoms with E-state index in [1.807, 2.05) is 4.57 Å². The van der Waals surface area contributed by atoms with Crippen LogP contribution in [0, 0.1) is 5.82 Å². The van der Waals surface area contributed by atoms with E-state index in [1.54, 1.807) is 12.1 Å². The van der Waals surface area contributed by atoms with Crippen LogP contribution in [0.5, 0.6) is 17.2 Å². The van der Waals surface area contributed by atoms with Gasteiger partial charge < -0.3 is 18.8 Å². The molecule has 1 amide bonds. The van der Waals surface area contributed by atoms with E-state index in [-0.39, 0.29) is 11.4 Å². The number of halogens is 1. The van der Waals surface area contributed by atoms with Crippen LogP contribution in [0.25, 0.3) is 10.2 Å². The summed E-state index contributed by atoms with van der Waals surface area (Å²) in [7, 11) is 4.43. The van der Waals surface area contributed by atoms with Gasteiger partial charge in [0.1, 0.15) is 5.82 Å². The van der Waals surface area contributed by atoms with Crippen molar-refractivity contribution >= 4 is 27.5 Å². The number of hydrogen-bond acceptors (Lipinski definition) is 5. The Bertz CT molecular complexity index is 1090. The van der Waals surface area contributed by atoms with E-state index >= 15 is 0 Å². The normalized spacial score (nSPS) is 11.5. The molecule has 0 aliphatic rings. The Kier molecular flexibility index (Phi) is 5.79.